The molecule has 1 saturated carbocycles. The van der Waals surface area contributed by atoms with Crippen LogP contribution in [0.25, 0.3) is 0 Å². The van der Waals surface area contributed by atoms with E-state index in [0.717, 1.165) is 27.1 Å². The van der Waals surface area contributed by atoms with Crippen molar-refractivity contribution >= 4 is 21.7 Å². The fourth-order valence-corrected chi connectivity index (χ4v) is 4.70. The minimum absolute atomic E-state index is 0.0883. The third-order valence-corrected chi connectivity index (χ3v) is 5.99. The fourth-order valence-electron chi connectivity index (χ4n) is 4.15. The smallest absolute Gasteiger partial charge is 0.188 e. The molecule has 1 fully saturated rings. The third-order valence-electron chi connectivity index (χ3n) is 5.40. The van der Waals surface area contributed by atoms with Crippen molar-refractivity contribution in [3.63, 3.8) is 0 Å². The summed E-state index contributed by atoms with van der Waals surface area (Å²) in [5, 5.41) is 0. The molecule has 6 nitrogen and oxygen atoms in total. The van der Waals surface area contributed by atoms with Gasteiger partial charge in [-0.3, -0.25) is 4.79 Å². The second-order valence-corrected chi connectivity index (χ2v) is 8.10. The van der Waals surface area contributed by atoms with Gasteiger partial charge in [0.15, 0.2) is 13.6 Å². The number of rotatable bonds is 7. The van der Waals surface area contributed by atoms with Gasteiger partial charge < -0.3 is 23.7 Å². The molecule has 2 aromatic rings. The number of benzene rings is 2. The van der Waals surface area contributed by atoms with Crippen LogP contribution in [0.1, 0.15) is 36.0 Å². The maximum atomic E-state index is 12.4. The Labute approximate surface area is 178 Å². The van der Waals surface area contributed by atoms with Crippen molar-refractivity contribution < 1.29 is 28.5 Å². The molecular formula is C22H23BrO6. The van der Waals surface area contributed by atoms with Crippen molar-refractivity contribution in [2.45, 2.75) is 24.9 Å². The molecule has 3 atom stereocenters. The number of hydrogen-bond acceptors (Lipinski definition) is 6. The van der Waals surface area contributed by atoms with Gasteiger partial charge in [-0.25, -0.2) is 0 Å². The average Bonchev–Trinajstić information content (AvgIpc) is 3.12. The summed E-state index contributed by atoms with van der Waals surface area (Å²) in [4.78, 5) is 12.4. The Morgan fingerprint density at radius 1 is 1.00 bits per heavy atom. The highest BCUT2D eigenvalue weighted by Gasteiger charge is 2.46. The summed E-state index contributed by atoms with van der Waals surface area (Å²) in [5.74, 6) is 2.65. The Morgan fingerprint density at radius 3 is 2.38 bits per heavy atom. The van der Waals surface area contributed by atoms with Gasteiger partial charge in [-0.2, -0.15) is 0 Å². The molecule has 0 bridgehead atoms. The molecule has 0 saturated heterocycles. The number of ketones is 1. The number of methoxy groups -OCH3 is 2. The predicted molar refractivity (Wildman–Crippen MR) is 109 cm³/mol. The molecule has 1 aliphatic heterocycles. The minimum atomic E-state index is -0.197. The van der Waals surface area contributed by atoms with Crippen LogP contribution >= 0.6 is 15.9 Å². The van der Waals surface area contributed by atoms with Crippen LogP contribution in [0.5, 0.6) is 17.2 Å². The predicted octanol–water partition coefficient (Wildman–Crippen LogP) is 4.61. The lowest BCUT2D eigenvalue weighted by atomic mass is 9.80. The van der Waals surface area contributed by atoms with Gasteiger partial charge in [-0.05, 0) is 45.8 Å². The van der Waals surface area contributed by atoms with Gasteiger partial charge in [0.25, 0.3) is 0 Å². The van der Waals surface area contributed by atoms with E-state index in [4.69, 9.17) is 23.7 Å². The SMILES string of the molecule is COCOc1ccc([C@H]2Oc3c(Br)cc(OCOC)cc3[C@H]3CC(=O)C[C@H]32)cc1. The van der Waals surface area contributed by atoms with Crippen molar-refractivity contribution in [3.05, 3.63) is 52.0 Å². The lowest BCUT2D eigenvalue weighted by Crippen LogP contribution is -2.27. The van der Waals surface area contributed by atoms with Crippen LogP contribution < -0.4 is 14.2 Å². The van der Waals surface area contributed by atoms with E-state index in [9.17, 15) is 4.79 Å². The molecule has 0 unspecified atom stereocenters. The van der Waals surface area contributed by atoms with Gasteiger partial charge in [0.1, 0.15) is 29.1 Å². The number of Topliss-reactive ketones (excluding diaryl/α,β-unsaturated/α-hetero) is 1. The van der Waals surface area contributed by atoms with Gasteiger partial charge in [0.2, 0.25) is 0 Å². The largest absolute Gasteiger partial charge is 0.484 e. The van der Waals surface area contributed by atoms with E-state index in [1.807, 2.05) is 36.4 Å². The normalized spacial score (nSPS) is 22.6. The fraction of sp³-hybridized carbons (Fsp3) is 0.409. The number of carbonyl (C=O) groups excluding carboxylic acids is 1. The first-order valence-electron chi connectivity index (χ1n) is 9.46. The van der Waals surface area contributed by atoms with Gasteiger partial charge >= 0.3 is 0 Å². The first-order chi connectivity index (χ1) is 14.1. The molecule has 1 aliphatic carbocycles. The van der Waals surface area contributed by atoms with E-state index >= 15 is 0 Å². The summed E-state index contributed by atoms with van der Waals surface area (Å²) in [5.41, 5.74) is 2.04. The number of halogens is 1. The molecule has 4 rings (SSSR count). The summed E-state index contributed by atoms with van der Waals surface area (Å²) >= 11 is 3.61. The first-order valence-corrected chi connectivity index (χ1v) is 10.2. The highest BCUT2D eigenvalue weighted by atomic mass is 79.9. The van der Waals surface area contributed by atoms with Crippen LogP contribution in [-0.2, 0) is 14.3 Å². The minimum Gasteiger partial charge on any atom is -0.484 e. The molecule has 154 valence electrons. The zero-order chi connectivity index (χ0) is 20.4. The third kappa shape index (κ3) is 4.13. The number of hydrogen-bond donors (Lipinski definition) is 0. The molecular weight excluding hydrogens is 440 g/mol. The highest BCUT2D eigenvalue weighted by molar-refractivity contribution is 9.10. The molecule has 0 amide bonds. The lowest BCUT2D eigenvalue weighted by Gasteiger charge is -2.36. The van der Waals surface area contributed by atoms with Crippen molar-refractivity contribution in [3.8, 4) is 17.2 Å². The molecule has 0 N–H and O–H groups in total. The summed E-state index contributed by atoms with van der Waals surface area (Å²) < 4.78 is 28.3. The monoisotopic (exact) mass is 462 g/mol. The Hall–Kier alpha value is -2.09. The zero-order valence-corrected chi connectivity index (χ0v) is 17.9. The number of carbonyl (C=O) groups is 1. The summed E-state index contributed by atoms with van der Waals surface area (Å²) in [6.07, 6.45) is 0.835. The Morgan fingerprint density at radius 2 is 1.69 bits per heavy atom. The molecule has 2 aliphatic rings. The Bertz CT molecular complexity index is 882. The number of fused-ring (bicyclic) bond motifs is 3. The van der Waals surface area contributed by atoms with Crippen molar-refractivity contribution in [2.75, 3.05) is 27.8 Å². The molecule has 2 aromatic carbocycles. The molecule has 1 heterocycles. The van der Waals surface area contributed by atoms with E-state index in [1.165, 1.54) is 0 Å². The Kier molecular flexibility index (Phi) is 6.08. The van der Waals surface area contributed by atoms with Crippen LogP contribution in [0.4, 0.5) is 0 Å². The van der Waals surface area contributed by atoms with Crippen LogP contribution in [0.15, 0.2) is 40.9 Å². The Balaban J connectivity index is 1.66. The number of ether oxygens (including phenoxy) is 5. The quantitative estimate of drug-likeness (QED) is 0.559. The molecule has 0 spiro atoms. The van der Waals surface area contributed by atoms with E-state index in [2.05, 4.69) is 15.9 Å². The summed E-state index contributed by atoms with van der Waals surface area (Å²) in [6, 6.07) is 11.6. The molecule has 0 radical (unpaired) electrons. The second kappa shape index (κ2) is 8.73. The second-order valence-electron chi connectivity index (χ2n) is 7.25. The van der Waals surface area contributed by atoms with Gasteiger partial charge in [-0.15, -0.1) is 0 Å². The molecule has 7 heteroatoms. The summed E-state index contributed by atoms with van der Waals surface area (Å²) in [6.45, 7) is 0.367. The van der Waals surface area contributed by atoms with Crippen molar-refractivity contribution in [1.29, 1.82) is 0 Å². The molecule has 0 aromatic heterocycles. The first kappa shape index (κ1) is 20.2. The maximum absolute atomic E-state index is 12.4. The topological polar surface area (TPSA) is 63.2 Å². The van der Waals surface area contributed by atoms with Gasteiger partial charge in [0.05, 0.1) is 4.47 Å². The lowest BCUT2D eigenvalue weighted by molar-refractivity contribution is -0.117. The average molecular weight is 463 g/mol. The van der Waals surface area contributed by atoms with Crippen LogP contribution in [0.2, 0.25) is 0 Å². The standard InChI is InChI=1S/C22H23BrO6/c1-25-11-27-15-5-3-13(4-6-15)21-18-8-14(24)7-17(18)19-9-16(28-12-26-2)10-20(23)22(19)29-21/h3-6,9-10,17-18,21H,7-8,11-12H2,1-2H3/t17-,18+,21+/m0/s1. The van der Waals surface area contributed by atoms with E-state index in [-0.39, 0.29) is 37.3 Å². The summed E-state index contributed by atoms with van der Waals surface area (Å²) in [7, 11) is 3.17. The van der Waals surface area contributed by atoms with Gasteiger partial charge in [-0.1, -0.05) is 12.1 Å². The van der Waals surface area contributed by atoms with E-state index in [0.29, 0.717) is 18.6 Å². The maximum Gasteiger partial charge on any atom is 0.188 e. The highest BCUT2D eigenvalue weighted by Crippen LogP contribution is 2.55. The van der Waals surface area contributed by atoms with Crippen LogP contribution in [-0.4, -0.2) is 33.6 Å². The zero-order valence-electron chi connectivity index (χ0n) is 16.4. The molecule has 29 heavy (non-hydrogen) atoms. The van der Waals surface area contributed by atoms with Crippen LogP contribution in [0, 0.1) is 5.92 Å². The van der Waals surface area contributed by atoms with Crippen molar-refractivity contribution in [1.82, 2.24) is 0 Å². The van der Waals surface area contributed by atoms with Gasteiger partial charge in [0, 0.05) is 44.5 Å². The van der Waals surface area contributed by atoms with Crippen LogP contribution in [0.3, 0.4) is 0 Å². The van der Waals surface area contributed by atoms with E-state index in [1.54, 1.807) is 14.2 Å². The van der Waals surface area contributed by atoms with E-state index < -0.39 is 0 Å². The van der Waals surface area contributed by atoms with Crippen molar-refractivity contribution in [2.24, 2.45) is 5.92 Å².